The molecule has 0 spiro atoms. The number of hydrogen-bond acceptors (Lipinski definition) is 2. The molecule has 1 heterocycles. The van der Waals surface area contributed by atoms with Crippen LogP contribution in [0, 0.1) is 5.92 Å². The number of benzene rings is 1. The Morgan fingerprint density at radius 3 is 3.00 bits per heavy atom. The molecule has 2 rings (SSSR count). The van der Waals surface area contributed by atoms with Crippen LogP contribution in [0.3, 0.4) is 0 Å². The predicted molar refractivity (Wildman–Crippen MR) is 74.0 cm³/mol. The average Bonchev–Trinajstić information content (AvgIpc) is 2.79. The molecule has 0 bridgehead atoms. The van der Waals surface area contributed by atoms with Gasteiger partial charge in [-0.25, -0.2) is 0 Å². The maximum atomic E-state index is 5.69. The standard InChI is InChI=1S/C14H20BrNO/c1-2-14-12(7-8-17-14)10-16-9-11-5-3-4-6-13(11)15/h3-6,12,14,16H,2,7-10H2,1H3. The lowest BCUT2D eigenvalue weighted by molar-refractivity contribution is 0.0872. The Morgan fingerprint density at radius 1 is 1.41 bits per heavy atom. The third-order valence-electron chi connectivity index (χ3n) is 3.43. The monoisotopic (exact) mass is 297 g/mol. The van der Waals surface area contributed by atoms with Crippen molar-refractivity contribution in [2.45, 2.75) is 32.4 Å². The lowest BCUT2D eigenvalue weighted by Crippen LogP contribution is -2.28. The molecule has 1 fully saturated rings. The van der Waals surface area contributed by atoms with Crippen molar-refractivity contribution in [2.24, 2.45) is 5.92 Å². The fourth-order valence-corrected chi connectivity index (χ4v) is 2.84. The normalized spacial score (nSPS) is 24.1. The second-order valence-electron chi connectivity index (χ2n) is 4.59. The van der Waals surface area contributed by atoms with E-state index >= 15 is 0 Å². The molecule has 2 unspecified atom stereocenters. The first-order chi connectivity index (χ1) is 8.31. The second-order valence-corrected chi connectivity index (χ2v) is 5.44. The maximum absolute atomic E-state index is 5.69. The van der Waals surface area contributed by atoms with Crippen molar-refractivity contribution in [3.05, 3.63) is 34.3 Å². The molecule has 17 heavy (non-hydrogen) atoms. The summed E-state index contributed by atoms with van der Waals surface area (Å²) < 4.78 is 6.87. The highest BCUT2D eigenvalue weighted by Gasteiger charge is 2.25. The van der Waals surface area contributed by atoms with Crippen LogP contribution in [0.15, 0.2) is 28.7 Å². The summed E-state index contributed by atoms with van der Waals surface area (Å²) in [6, 6.07) is 8.37. The van der Waals surface area contributed by atoms with Gasteiger partial charge in [0.2, 0.25) is 0 Å². The number of ether oxygens (including phenoxy) is 1. The van der Waals surface area contributed by atoms with E-state index in [9.17, 15) is 0 Å². The minimum absolute atomic E-state index is 0.460. The fourth-order valence-electron chi connectivity index (χ4n) is 2.41. The zero-order valence-corrected chi connectivity index (χ0v) is 11.9. The Labute approximate surface area is 112 Å². The van der Waals surface area contributed by atoms with Gasteiger partial charge >= 0.3 is 0 Å². The highest BCUT2D eigenvalue weighted by Crippen LogP contribution is 2.23. The molecule has 0 aromatic heterocycles. The molecule has 0 aliphatic carbocycles. The van der Waals surface area contributed by atoms with E-state index in [2.05, 4.69) is 46.4 Å². The van der Waals surface area contributed by atoms with Gasteiger partial charge in [-0.1, -0.05) is 41.1 Å². The summed E-state index contributed by atoms with van der Waals surface area (Å²) >= 11 is 3.57. The smallest absolute Gasteiger partial charge is 0.0613 e. The number of nitrogens with one attached hydrogen (secondary N) is 1. The van der Waals surface area contributed by atoms with E-state index in [0.29, 0.717) is 12.0 Å². The minimum Gasteiger partial charge on any atom is -0.378 e. The quantitative estimate of drug-likeness (QED) is 0.900. The Balaban J connectivity index is 1.78. The van der Waals surface area contributed by atoms with Gasteiger partial charge in [0.05, 0.1) is 6.10 Å². The van der Waals surface area contributed by atoms with Crippen LogP contribution in [0.25, 0.3) is 0 Å². The molecular weight excluding hydrogens is 278 g/mol. The van der Waals surface area contributed by atoms with Crippen LogP contribution >= 0.6 is 15.9 Å². The summed E-state index contributed by atoms with van der Waals surface area (Å²) in [6.45, 7) is 5.12. The first-order valence-corrected chi connectivity index (χ1v) is 7.16. The van der Waals surface area contributed by atoms with E-state index in [4.69, 9.17) is 4.74 Å². The molecule has 2 atom stereocenters. The number of halogens is 1. The van der Waals surface area contributed by atoms with Gasteiger partial charge in [0.15, 0.2) is 0 Å². The van der Waals surface area contributed by atoms with Crippen molar-refractivity contribution in [1.29, 1.82) is 0 Å². The van der Waals surface area contributed by atoms with Gasteiger partial charge in [0.25, 0.3) is 0 Å². The van der Waals surface area contributed by atoms with Crippen LogP contribution in [0.1, 0.15) is 25.3 Å². The van der Waals surface area contributed by atoms with Crippen LogP contribution in [0.2, 0.25) is 0 Å². The largest absolute Gasteiger partial charge is 0.378 e. The molecule has 1 aromatic carbocycles. The molecule has 94 valence electrons. The molecule has 1 aromatic rings. The van der Waals surface area contributed by atoms with Crippen molar-refractivity contribution < 1.29 is 4.74 Å². The third kappa shape index (κ3) is 3.54. The van der Waals surface area contributed by atoms with Crippen molar-refractivity contribution in [3.63, 3.8) is 0 Å². The van der Waals surface area contributed by atoms with Crippen LogP contribution in [0.5, 0.6) is 0 Å². The lowest BCUT2D eigenvalue weighted by Gasteiger charge is -2.17. The van der Waals surface area contributed by atoms with Crippen LogP contribution in [0.4, 0.5) is 0 Å². The van der Waals surface area contributed by atoms with Gasteiger partial charge < -0.3 is 10.1 Å². The molecule has 1 aliphatic rings. The van der Waals surface area contributed by atoms with E-state index in [0.717, 1.165) is 26.1 Å². The van der Waals surface area contributed by atoms with E-state index in [1.807, 2.05) is 6.07 Å². The van der Waals surface area contributed by atoms with Gasteiger partial charge in [-0.15, -0.1) is 0 Å². The Hall–Kier alpha value is -0.380. The summed E-state index contributed by atoms with van der Waals surface area (Å²) in [5.74, 6) is 0.683. The third-order valence-corrected chi connectivity index (χ3v) is 4.20. The molecule has 2 nitrogen and oxygen atoms in total. The maximum Gasteiger partial charge on any atom is 0.0613 e. The first-order valence-electron chi connectivity index (χ1n) is 6.37. The average molecular weight is 298 g/mol. The molecule has 1 saturated heterocycles. The van der Waals surface area contributed by atoms with Crippen molar-refractivity contribution in [2.75, 3.05) is 13.2 Å². The van der Waals surface area contributed by atoms with Gasteiger partial charge in [-0.3, -0.25) is 0 Å². The van der Waals surface area contributed by atoms with Crippen LogP contribution in [-0.4, -0.2) is 19.3 Å². The zero-order chi connectivity index (χ0) is 12.1. The summed E-state index contributed by atoms with van der Waals surface area (Å²) in [5.41, 5.74) is 1.32. The Bertz CT molecular complexity index is 356. The van der Waals surface area contributed by atoms with Crippen LogP contribution < -0.4 is 5.32 Å². The van der Waals surface area contributed by atoms with Crippen molar-refractivity contribution >= 4 is 15.9 Å². The Kier molecular flexibility index (Phi) is 5.01. The zero-order valence-electron chi connectivity index (χ0n) is 10.3. The van der Waals surface area contributed by atoms with Crippen molar-refractivity contribution in [1.82, 2.24) is 5.32 Å². The highest BCUT2D eigenvalue weighted by molar-refractivity contribution is 9.10. The van der Waals surface area contributed by atoms with Crippen molar-refractivity contribution in [3.8, 4) is 0 Å². The highest BCUT2D eigenvalue weighted by atomic mass is 79.9. The molecule has 3 heteroatoms. The summed E-state index contributed by atoms with van der Waals surface area (Å²) in [5, 5.41) is 3.54. The number of hydrogen-bond donors (Lipinski definition) is 1. The van der Waals surface area contributed by atoms with E-state index in [1.54, 1.807) is 0 Å². The second kappa shape index (κ2) is 6.53. The predicted octanol–water partition coefficient (Wildman–Crippen LogP) is 3.35. The van der Waals surface area contributed by atoms with Gasteiger partial charge in [-0.05, 0) is 30.4 Å². The SMILES string of the molecule is CCC1OCCC1CNCc1ccccc1Br. The van der Waals surface area contributed by atoms with E-state index in [1.165, 1.54) is 16.5 Å². The van der Waals surface area contributed by atoms with E-state index < -0.39 is 0 Å². The lowest BCUT2D eigenvalue weighted by atomic mass is 9.99. The molecule has 0 amide bonds. The van der Waals surface area contributed by atoms with Gasteiger partial charge in [0, 0.05) is 24.2 Å². The molecule has 1 N–H and O–H groups in total. The van der Waals surface area contributed by atoms with E-state index in [-0.39, 0.29) is 0 Å². The molecule has 0 saturated carbocycles. The summed E-state index contributed by atoms with van der Waals surface area (Å²) in [4.78, 5) is 0. The summed E-state index contributed by atoms with van der Waals surface area (Å²) in [7, 11) is 0. The molecular formula is C14H20BrNO. The topological polar surface area (TPSA) is 21.3 Å². The summed E-state index contributed by atoms with van der Waals surface area (Å²) in [6.07, 6.45) is 2.78. The van der Waals surface area contributed by atoms with Gasteiger partial charge in [0.1, 0.15) is 0 Å². The fraction of sp³-hybridized carbons (Fsp3) is 0.571. The first kappa shape index (κ1) is 13.1. The van der Waals surface area contributed by atoms with Gasteiger partial charge in [-0.2, -0.15) is 0 Å². The minimum atomic E-state index is 0.460. The number of rotatable bonds is 5. The molecule has 1 aliphatic heterocycles. The van der Waals surface area contributed by atoms with Crippen LogP contribution in [-0.2, 0) is 11.3 Å². The Morgan fingerprint density at radius 2 is 2.24 bits per heavy atom. The molecule has 0 radical (unpaired) electrons.